The summed E-state index contributed by atoms with van der Waals surface area (Å²) in [5, 5.41) is 0.971. The van der Waals surface area contributed by atoms with E-state index in [4.69, 9.17) is 10.2 Å². The number of halogens is 1. The molecule has 0 aliphatic heterocycles. The van der Waals surface area contributed by atoms with Gasteiger partial charge in [-0.3, -0.25) is 0 Å². The molecular weight excluding hydrogens is 241 g/mol. The zero-order valence-corrected chi connectivity index (χ0v) is 10.6. The largest absolute Gasteiger partial charge is 0.464 e. The van der Waals surface area contributed by atoms with Gasteiger partial charge in [0.05, 0.1) is 12.3 Å². The molecule has 2 aromatic carbocycles. The lowest BCUT2D eigenvalue weighted by atomic mass is 9.95. The first-order chi connectivity index (χ1) is 9.16. The third-order valence-electron chi connectivity index (χ3n) is 3.42. The van der Waals surface area contributed by atoms with Crippen LogP contribution in [0.2, 0.25) is 0 Å². The lowest BCUT2D eigenvalue weighted by Crippen LogP contribution is -2.13. The second-order valence-electron chi connectivity index (χ2n) is 4.67. The van der Waals surface area contributed by atoms with Crippen molar-refractivity contribution in [1.82, 2.24) is 0 Å². The topological polar surface area (TPSA) is 39.2 Å². The first-order valence-corrected chi connectivity index (χ1v) is 6.14. The third kappa shape index (κ3) is 2.02. The molecule has 1 unspecified atom stereocenters. The second kappa shape index (κ2) is 4.52. The molecule has 1 aromatic heterocycles. The third-order valence-corrected chi connectivity index (χ3v) is 3.42. The zero-order valence-electron chi connectivity index (χ0n) is 10.6. The smallest absolute Gasteiger partial charge is 0.134 e. The molecule has 0 aliphatic rings. The monoisotopic (exact) mass is 255 g/mol. The van der Waals surface area contributed by atoms with Gasteiger partial charge in [-0.05, 0) is 36.2 Å². The van der Waals surface area contributed by atoms with Crippen LogP contribution in [0.4, 0.5) is 4.39 Å². The molecule has 0 radical (unpaired) electrons. The van der Waals surface area contributed by atoms with Crippen molar-refractivity contribution >= 4 is 11.0 Å². The number of furan rings is 1. The summed E-state index contributed by atoms with van der Waals surface area (Å²) in [6, 6.07) is 12.0. The van der Waals surface area contributed by atoms with Crippen molar-refractivity contribution in [1.29, 1.82) is 0 Å². The molecule has 1 heterocycles. The standard InChI is InChI=1S/C16H14FNO/c1-10-6-7-11(17)8-13(10)16(18)14-9-19-15-5-3-2-4-12(14)15/h2-9,16H,18H2,1H3. The van der Waals surface area contributed by atoms with E-state index in [1.807, 2.05) is 31.2 Å². The molecule has 0 bridgehead atoms. The van der Waals surface area contributed by atoms with Gasteiger partial charge >= 0.3 is 0 Å². The van der Waals surface area contributed by atoms with Crippen LogP contribution in [0, 0.1) is 12.7 Å². The summed E-state index contributed by atoms with van der Waals surface area (Å²) in [6.45, 7) is 1.93. The summed E-state index contributed by atoms with van der Waals surface area (Å²) in [4.78, 5) is 0. The van der Waals surface area contributed by atoms with Gasteiger partial charge in [-0.25, -0.2) is 4.39 Å². The van der Waals surface area contributed by atoms with Crippen molar-refractivity contribution in [3.05, 3.63) is 71.2 Å². The molecule has 2 nitrogen and oxygen atoms in total. The molecule has 19 heavy (non-hydrogen) atoms. The van der Waals surface area contributed by atoms with E-state index in [0.29, 0.717) is 0 Å². The summed E-state index contributed by atoms with van der Waals surface area (Å²) in [6.07, 6.45) is 1.65. The minimum atomic E-state index is -0.389. The fourth-order valence-corrected chi connectivity index (χ4v) is 2.35. The van der Waals surface area contributed by atoms with Crippen molar-refractivity contribution in [3.63, 3.8) is 0 Å². The lowest BCUT2D eigenvalue weighted by molar-refractivity contribution is 0.604. The fraction of sp³-hybridized carbons (Fsp3) is 0.125. The molecule has 3 rings (SSSR count). The minimum absolute atomic E-state index is 0.274. The van der Waals surface area contributed by atoms with E-state index in [-0.39, 0.29) is 11.9 Å². The molecule has 3 aromatic rings. The van der Waals surface area contributed by atoms with Crippen LogP contribution in [0.25, 0.3) is 11.0 Å². The number of hydrogen-bond donors (Lipinski definition) is 1. The first kappa shape index (κ1) is 11.9. The van der Waals surface area contributed by atoms with Gasteiger partial charge in [0.1, 0.15) is 11.4 Å². The number of fused-ring (bicyclic) bond motifs is 1. The van der Waals surface area contributed by atoms with Crippen molar-refractivity contribution in [2.45, 2.75) is 13.0 Å². The summed E-state index contributed by atoms with van der Waals surface area (Å²) in [7, 11) is 0. The lowest BCUT2D eigenvalue weighted by Gasteiger charge is -2.13. The van der Waals surface area contributed by atoms with Crippen molar-refractivity contribution in [2.75, 3.05) is 0 Å². The van der Waals surface area contributed by atoms with E-state index in [1.54, 1.807) is 12.3 Å². The van der Waals surface area contributed by atoms with Crippen LogP contribution in [0.3, 0.4) is 0 Å². The Morgan fingerprint density at radius 2 is 1.89 bits per heavy atom. The highest BCUT2D eigenvalue weighted by atomic mass is 19.1. The van der Waals surface area contributed by atoms with Crippen molar-refractivity contribution in [3.8, 4) is 0 Å². The molecule has 0 saturated carbocycles. The SMILES string of the molecule is Cc1ccc(F)cc1C(N)c1coc2ccccc12. The highest BCUT2D eigenvalue weighted by molar-refractivity contribution is 5.82. The van der Waals surface area contributed by atoms with Crippen LogP contribution in [-0.4, -0.2) is 0 Å². The quantitative estimate of drug-likeness (QED) is 0.753. The number of hydrogen-bond acceptors (Lipinski definition) is 2. The van der Waals surface area contributed by atoms with Crippen LogP contribution in [0.1, 0.15) is 22.7 Å². The van der Waals surface area contributed by atoms with Gasteiger partial charge in [0.2, 0.25) is 0 Å². The van der Waals surface area contributed by atoms with E-state index >= 15 is 0 Å². The number of para-hydroxylation sites is 1. The molecule has 1 atom stereocenters. The molecule has 0 saturated heterocycles. The summed E-state index contributed by atoms with van der Waals surface area (Å²) in [5.74, 6) is -0.274. The average Bonchev–Trinajstić information content (AvgIpc) is 2.84. The Balaban J connectivity index is 2.13. The van der Waals surface area contributed by atoms with Crippen LogP contribution < -0.4 is 5.73 Å². The molecule has 0 spiro atoms. The summed E-state index contributed by atoms with van der Waals surface area (Å²) < 4.78 is 18.9. The van der Waals surface area contributed by atoms with Crippen LogP contribution in [0.15, 0.2) is 53.1 Å². The summed E-state index contributed by atoms with van der Waals surface area (Å²) >= 11 is 0. The van der Waals surface area contributed by atoms with Crippen LogP contribution in [-0.2, 0) is 0 Å². The zero-order chi connectivity index (χ0) is 13.4. The van der Waals surface area contributed by atoms with Gasteiger partial charge in [-0.2, -0.15) is 0 Å². The van der Waals surface area contributed by atoms with Crippen molar-refractivity contribution < 1.29 is 8.81 Å². The maximum absolute atomic E-state index is 13.4. The first-order valence-electron chi connectivity index (χ1n) is 6.14. The number of nitrogens with two attached hydrogens (primary N) is 1. The molecule has 96 valence electrons. The van der Waals surface area contributed by atoms with Crippen LogP contribution >= 0.6 is 0 Å². The Labute approximate surface area is 110 Å². The molecular formula is C16H14FNO. The van der Waals surface area contributed by atoms with Gasteiger partial charge in [-0.1, -0.05) is 24.3 Å². The average molecular weight is 255 g/mol. The van der Waals surface area contributed by atoms with Gasteiger partial charge < -0.3 is 10.2 Å². The second-order valence-corrected chi connectivity index (χ2v) is 4.67. The van der Waals surface area contributed by atoms with E-state index in [1.165, 1.54) is 12.1 Å². The van der Waals surface area contributed by atoms with Gasteiger partial charge in [-0.15, -0.1) is 0 Å². The van der Waals surface area contributed by atoms with E-state index < -0.39 is 0 Å². The highest BCUT2D eigenvalue weighted by Gasteiger charge is 2.17. The maximum Gasteiger partial charge on any atom is 0.134 e. The van der Waals surface area contributed by atoms with E-state index in [2.05, 4.69) is 0 Å². The Bertz CT molecular complexity index is 732. The fourth-order valence-electron chi connectivity index (χ4n) is 2.35. The van der Waals surface area contributed by atoms with Crippen molar-refractivity contribution in [2.24, 2.45) is 5.73 Å². The Hall–Kier alpha value is -2.13. The van der Waals surface area contributed by atoms with E-state index in [0.717, 1.165) is 27.7 Å². The number of aryl methyl sites for hydroxylation is 1. The van der Waals surface area contributed by atoms with Gasteiger partial charge in [0, 0.05) is 10.9 Å². The maximum atomic E-state index is 13.4. The Morgan fingerprint density at radius 1 is 1.11 bits per heavy atom. The normalized spacial score (nSPS) is 12.8. The molecule has 0 fully saturated rings. The van der Waals surface area contributed by atoms with Crippen LogP contribution in [0.5, 0.6) is 0 Å². The van der Waals surface area contributed by atoms with Gasteiger partial charge in [0.15, 0.2) is 0 Å². The van der Waals surface area contributed by atoms with Gasteiger partial charge in [0.25, 0.3) is 0 Å². The highest BCUT2D eigenvalue weighted by Crippen LogP contribution is 2.30. The molecule has 0 amide bonds. The predicted octanol–water partition coefficient (Wildman–Crippen LogP) is 3.93. The van der Waals surface area contributed by atoms with E-state index in [9.17, 15) is 4.39 Å². The molecule has 3 heteroatoms. The molecule has 2 N–H and O–H groups in total. The number of benzene rings is 2. The number of rotatable bonds is 2. The Kier molecular flexibility index (Phi) is 2.84. The summed E-state index contributed by atoms with van der Waals surface area (Å²) in [5.41, 5.74) is 9.70. The predicted molar refractivity (Wildman–Crippen MR) is 73.4 cm³/mol. The Morgan fingerprint density at radius 3 is 2.74 bits per heavy atom. The molecule has 0 aliphatic carbocycles. The minimum Gasteiger partial charge on any atom is -0.464 e.